The van der Waals surface area contributed by atoms with Gasteiger partial charge in [0.15, 0.2) is 0 Å². The highest BCUT2D eigenvalue weighted by Crippen LogP contribution is 2.36. The van der Waals surface area contributed by atoms with Crippen LogP contribution in [0.2, 0.25) is 0 Å². The Morgan fingerprint density at radius 2 is 1.09 bits per heavy atom. The predicted octanol–water partition coefficient (Wildman–Crippen LogP) is 7.73. The van der Waals surface area contributed by atoms with E-state index in [1.807, 2.05) is 12.1 Å². The number of halogens is 1. The summed E-state index contributed by atoms with van der Waals surface area (Å²) in [6.07, 6.45) is 4.26. The summed E-state index contributed by atoms with van der Waals surface area (Å²) >= 11 is 3.48. The summed E-state index contributed by atoms with van der Waals surface area (Å²) < 4.78 is 14.3. The maximum Gasteiger partial charge on any atom is 0.119 e. The van der Waals surface area contributed by atoms with Crippen LogP contribution in [0.3, 0.4) is 0 Å². The van der Waals surface area contributed by atoms with E-state index in [9.17, 15) is 0 Å². The molecule has 158 valence electrons. The number of ether oxygens (including phenoxy) is 2. The number of hydrogen-bond acceptors (Lipinski definition) is 2. The summed E-state index contributed by atoms with van der Waals surface area (Å²) in [4.78, 5) is 0. The number of rotatable bonds is 5. The molecule has 5 rings (SSSR count). The first-order valence-electron chi connectivity index (χ1n) is 10.4. The fourth-order valence-electron chi connectivity index (χ4n) is 4.01. The lowest BCUT2D eigenvalue weighted by Gasteiger charge is -2.09. The number of benzene rings is 4. The summed E-state index contributed by atoms with van der Waals surface area (Å²) in [5.41, 5.74) is 5.70. The van der Waals surface area contributed by atoms with Gasteiger partial charge >= 0.3 is 0 Å². The number of aromatic nitrogens is 1. The van der Waals surface area contributed by atoms with Gasteiger partial charge in [-0.3, -0.25) is 0 Å². The Labute approximate surface area is 195 Å². The zero-order chi connectivity index (χ0) is 22.1. The summed E-state index contributed by atoms with van der Waals surface area (Å²) in [5, 5.41) is 2.27. The average molecular weight is 484 g/mol. The molecule has 0 unspecified atom stereocenters. The summed E-state index contributed by atoms with van der Waals surface area (Å²) in [6.45, 7) is 0. The maximum atomic E-state index is 5.48. The van der Waals surface area contributed by atoms with Crippen LogP contribution in [-0.4, -0.2) is 18.8 Å². The highest BCUT2D eigenvalue weighted by molar-refractivity contribution is 9.10. The molecule has 0 saturated carbocycles. The highest BCUT2D eigenvalue weighted by Gasteiger charge is 2.14. The number of nitrogens with zero attached hydrogens (tertiary/aromatic N) is 1. The molecular formula is C28H22BrNO2. The molecule has 0 aliphatic heterocycles. The first-order chi connectivity index (χ1) is 15.7. The lowest BCUT2D eigenvalue weighted by molar-refractivity contribution is 0.415. The van der Waals surface area contributed by atoms with Crippen molar-refractivity contribution < 1.29 is 9.47 Å². The van der Waals surface area contributed by atoms with Crippen molar-refractivity contribution >= 4 is 49.9 Å². The van der Waals surface area contributed by atoms with Crippen molar-refractivity contribution in [2.45, 2.75) is 0 Å². The molecular weight excluding hydrogens is 462 g/mol. The zero-order valence-electron chi connectivity index (χ0n) is 17.9. The van der Waals surface area contributed by atoms with Gasteiger partial charge < -0.3 is 14.0 Å². The van der Waals surface area contributed by atoms with E-state index >= 15 is 0 Å². The minimum Gasteiger partial charge on any atom is -0.497 e. The number of methoxy groups -OCH3 is 2. The Morgan fingerprint density at radius 3 is 1.56 bits per heavy atom. The third-order valence-corrected chi connectivity index (χ3v) is 6.20. The minimum absolute atomic E-state index is 0.841. The third-order valence-electron chi connectivity index (χ3n) is 5.67. The van der Waals surface area contributed by atoms with E-state index in [4.69, 9.17) is 9.47 Å². The minimum atomic E-state index is 0.841. The maximum absolute atomic E-state index is 5.48. The molecule has 0 radical (unpaired) electrons. The summed E-state index contributed by atoms with van der Waals surface area (Å²) in [5.74, 6) is 1.68. The molecule has 0 atom stereocenters. The van der Waals surface area contributed by atoms with Gasteiger partial charge in [-0.1, -0.05) is 52.3 Å². The van der Waals surface area contributed by atoms with Crippen LogP contribution in [0.15, 0.2) is 89.4 Å². The van der Waals surface area contributed by atoms with Crippen LogP contribution >= 0.6 is 15.9 Å². The second-order valence-corrected chi connectivity index (χ2v) is 8.49. The molecule has 1 aromatic heterocycles. The van der Waals surface area contributed by atoms with E-state index in [2.05, 4.69) is 105 Å². The molecule has 0 bridgehead atoms. The molecule has 4 aromatic carbocycles. The topological polar surface area (TPSA) is 23.4 Å². The Kier molecular flexibility index (Phi) is 5.46. The fraction of sp³-hybridized carbons (Fsp3) is 0.0714. The standard InChI is InChI=1S/C28H22BrNO2/c1-31-23-13-15-27-25(17-23)26-18-24(32-2)14-16-28(26)30(27)22-11-7-20(8-12-22)4-3-19-5-9-21(29)10-6-19/h3-18H,1-2H3/b4-3+. The first-order valence-corrected chi connectivity index (χ1v) is 11.2. The first kappa shape index (κ1) is 20.4. The largest absolute Gasteiger partial charge is 0.497 e. The van der Waals surface area contributed by atoms with Crippen LogP contribution < -0.4 is 9.47 Å². The molecule has 0 saturated heterocycles. The van der Waals surface area contributed by atoms with Crippen molar-refractivity contribution in [2.75, 3.05) is 14.2 Å². The van der Waals surface area contributed by atoms with Crippen LogP contribution in [0, 0.1) is 0 Å². The monoisotopic (exact) mass is 483 g/mol. The van der Waals surface area contributed by atoms with Gasteiger partial charge in [-0.2, -0.15) is 0 Å². The van der Waals surface area contributed by atoms with Gasteiger partial charge in [0, 0.05) is 20.9 Å². The van der Waals surface area contributed by atoms with Gasteiger partial charge in [0.05, 0.1) is 25.3 Å². The Hall–Kier alpha value is -3.50. The van der Waals surface area contributed by atoms with Crippen LogP contribution in [0.25, 0.3) is 39.6 Å². The van der Waals surface area contributed by atoms with Crippen molar-refractivity contribution in [1.29, 1.82) is 0 Å². The summed E-state index contributed by atoms with van der Waals surface area (Å²) in [6, 6.07) is 29.3. The number of fused-ring (bicyclic) bond motifs is 3. The average Bonchev–Trinajstić information content (AvgIpc) is 3.16. The highest BCUT2D eigenvalue weighted by atomic mass is 79.9. The second kappa shape index (κ2) is 8.56. The van der Waals surface area contributed by atoms with Crippen molar-refractivity contribution in [2.24, 2.45) is 0 Å². The smallest absolute Gasteiger partial charge is 0.119 e. The number of hydrogen-bond donors (Lipinski definition) is 0. The van der Waals surface area contributed by atoms with E-state index < -0.39 is 0 Å². The van der Waals surface area contributed by atoms with Crippen molar-refractivity contribution in [1.82, 2.24) is 4.57 Å². The molecule has 0 N–H and O–H groups in total. The SMILES string of the molecule is COc1ccc2c(c1)c1cc(OC)ccc1n2-c1ccc(/C=C/c2ccc(Br)cc2)cc1. The second-order valence-electron chi connectivity index (χ2n) is 7.58. The Bertz CT molecular complexity index is 1370. The Balaban J connectivity index is 1.58. The van der Waals surface area contributed by atoms with Crippen LogP contribution in [0.5, 0.6) is 11.5 Å². The van der Waals surface area contributed by atoms with Crippen molar-refractivity contribution in [3.63, 3.8) is 0 Å². The zero-order valence-corrected chi connectivity index (χ0v) is 19.5. The van der Waals surface area contributed by atoms with E-state index in [-0.39, 0.29) is 0 Å². The predicted molar refractivity (Wildman–Crippen MR) is 137 cm³/mol. The van der Waals surface area contributed by atoms with Crippen molar-refractivity contribution in [3.8, 4) is 17.2 Å². The lowest BCUT2D eigenvalue weighted by atomic mass is 10.1. The van der Waals surface area contributed by atoms with Crippen LogP contribution in [0.1, 0.15) is 11.1 Å². The lowest BCUT2D eigenvalue weighted by Crippen LogP contribution is -1.94. The quantitative estimate of drug-likeness (QED) is 0.238. The normalized spacial score (nSPS) is 11.5. The van der Waals surface area contributed by atoms with Crippen LogP contribution in [-0.2, 0) is 0 Å². The molecule has 0 aliphatic carbocycles. The summed E-state index contributed by atoms with van der Waals surface area (Å²) in [7, 11) is 3.39. The molecule has 32 heavy (non-hydrogen) atoms. The molecule has 5 aromatic rings. The van der Waals surface area contributed by atoms with Gasteiger partial charge in [0.2, 0.25) is 0 Å². The van der Waals surface area contributed by atoms with Gasteiger partial charge in [-0.25, -0.2) is 0 Å². The molecule has 0 fully saturated rings. The van der Waals surface area contributed by atoms with E-state index in [0.29, 0.717) is 0 Å². The Morgan fingerprint density at radius 1 is 0.625 bits per heavy atom. The van der Waals surface area contributed by atoms with Gasteiger partial charge in [0.25, 0.3) is 0 Å². The van der Waals surface area contributed by atoms with E-state index in [1.54, 1.807) is 14.2 Å². The van der Waals surface area contributed by atoms with Gasteiger partial charge in [-0.15, -0.1) is 0 Å². The molecule has 0 amide bonds. The van der Waals surface area contributed by atoms with E-state index in [0.717, 1.165) is 49.0 Å². The van der Waals surface area contributed by atoms with Crippen LogP contribution in [0.4, 0.5) is 0 Å². The van der Waals surface area contributed by atoms with Gasteiger partial charge in [-0.05, 0) is 71.8 Å². The fourth-order valence-corrected chi connectivity index (χ4v) is 4.28. The van der Waals surface area contributed by atoms with Gasteiger partial charge in [0.1, 0.15) is 11.5 Å². The van der Waals surface area contributed by atoms with E-state index in [1.165, 1.54) is 5.56 Å². The molecule has 3 nitrogen and oxygen atoms in total. The van der Waals surface area contributed by atoms with Crippen molar-refractivity contribution in [3.05, 3.63) is 101 Å². The molecule has 4 heteroatoms. The molecule has 0 spiro atoms. The molecule has 0 aliphatic rings. The molecule has 1 heterocycles. The third kappa shape index (κ3) is 3.78.